The summed E-state index contributed by atoms with van der Waals surface area (Å²) in [5.41, 5.74) is 3.81. The van der Waals surface area contributed by atoms with Gasteiger partial charge in [0.1, 0.15) is 0 Å². The summed E-state index contributed by atoms with van der Waals surface area (Å²) in [7, 11) is 0. The van der Waals surface area contributed by atoms with Crippen LogP contribution in [0.4, 0.5) is 0 Å². The second kappa shape index (κ2) is 3.23. The zero-order chi connectivity index (χ0) is 11.1. The van der Waals surface area contributed by atoms with Crippen molar-refractivity contribution in [2.24, 2.45) is 0 Å². The quantitative estimate of drug-likeness (QED) is 0.618. The van der Waals surface area contributed by atoms with Gasteiger partial charge in [0.05, 0.1) is 17.2 Å². The standard InChI is InChI=1S/C11H11N5/c1-7(2)8-4-3-5-9-11(8)12-6-10-13-14-15-16(9)10/h3-7H,1-2H3. The molecule has 3 aromatic rings. The topological polar surface area (TPSA) is 56.0 Å². The van der Waals surface area contributed by atoms with E-state index >= 15 is 0 Å². The molecule has 5 nitrogen and oxygen atoms in total. The highest BCUT2D eigenvalue weighted by molar-refractivity contribution is 5.80. The third kappa shape index (κ3) is 1.18. The van der Waals surface area contributed by atoms with E-state index in [0.717, 1.165) is 11.0 Å². The summed E-state index contributed by atoms with van der Waals surface area (Å²) < 4.78 is 1.72. The Hall–Kier alpha value is -2.04. The van der Waals surface area contributed by atoms with Crippen molar-refractivity contribution in [3.63, 3.8) is 0 Å². The van der Waals surface area contributed by atoms with Gasteiger partial charge in [-0.2, -0.15) is 4.52 Å². The van der Waals surface area contributed by atoms with Crippen molar-refractivity contribution in [3.05, 3.63) is 30.0 Å². The third-order valence-corrected chi connectivity index (χ3v) is 2.70. The number of hydrogen-bond donors (Lipinski definition) is 0. The summed E-state index contributed by atoms with van der Waals surface area (Å²) in [6.07, 6.45) is 1.70. The molecule has 0 fully saturated rings. The molecular formula is C11H11N5. The molecule has 0 aliphatic rings. The number of tetrazole rings is 1. The number of hydrogen-bond acceptors (Lipinski definition) is 4. The first kappa shape index (κ1) is 9.21. The van der Waals surface area contributed by atoms with Gasteiger partial charge in [0.2, 0.25) is 0 Å². The Morgan fingerprint density at radius 1 is 1.25 bits per heavy atom. The van der Waals surface area contributed by atoms with Crippen molar-refractivity contribution in [2.45, 2.75) is 19.8 Å². The van der Waals surface area contributed by atoms with Gasteiger partial charge in [0.15, 0.2) is 5.65 Å². The molecule has 0 saturated heterocycles. The molecule has 2 heterocycles. The van der Waals surface area contributed by atoms with E-state index in [2.05, 4.69) is 40.4 Å². The molecule has 0 unspecified atom stereocenters. The van der Waals surface area contributed by atoms with Crippen LogP contribution in [0.3, 0.4) is 0 Å². The van der Waals surface area contributed by atoms with Crippen LogP contribution < -0.4 is 0 Å². The third-order valence-electron chi connectivity index (χ3n) is 2.70. The lowest BCUT2D eigenvalue weighted by Crippen LogP contribution is -1.97. The predicted octanol–water partition coefficient (Wildman–Crippen LogP) is 1.80. The summed E-state index contributed by atoms with van der Waals surface area (Å²) in [6.45, 7) is 4.31. The van der Waals surface area contributed by atoms with E-state index in [9.17, 15) is 0 Å². The molecule has 1 aromatic carbocycles. The monoisotopic (exact) mass is 213 g/mol. The molecule has 3 rings (SSSR count). The summed E-state index contributed by atoms with van der Waals surface area (Å²) in [5.74, 6) is 0.435. The Morgan fingerprint density at radius 3 is 2.94 bits per heavy atom. The van der Waals surface area contributed by atoms with E-state index in [-0.39, 0.29) is 0 Å². The lowest BCUT2D eigenvalue weighted by Gasteiger charge is -2.08. The van der Waals surface area contributed by atoms with Crippen LogP contribution in [0.15, 0.2) is 24.4 Å². The molecular weight excluding hydrogens is 202 g/mol. The molecule has 0 radical (unpaired) electrons. The molecule has 0 spiro atoms. The minimum absolute atomic E-state index is 0.435. The molecule has 0 atom stereocenters. The number of para-hydroxylation sites is 1. The lowest BCUT2D eigenvalue weighted by molar-refractivity contribution is 0.836. The average Bonchev–Trinajstić information content (AvgIpc) is 2.76. The Kier molecular flexibility index (Phi) is 1.86. The average molecular weight is 213 g/mol. The van der Waals surface area contributed by atoms with Gasteiger partial charge in [-0.05, 0) is 28.0 Å². The van der Waals surface area contributed by atoms with Crippen LogP contribution in [0.25, 0.3) is 16.7 Å². The van der Waals surface area contributed by atoms with Crippen LogP contribution in [0, 0.1) is 0 Å². The van der Waals surface area contributed by atoms with Gasteiger partial charge in [0, 0.05) is 0 Å². The molecule has 2 aromatic heterocycles. The molecule has 16 heavy (non-hydrogen) atoms. The second-order valence-electron chi connectivity index (χ2n) is 4.08. The normalized spacial score (nSPS) is 11.7. The zero-order valence-electron chi connectivity index (χ0n) is 9.12. The maximum absolute atomic E-state index is 4.44. The number of fused-ring (bicyclic) bond motifs is 3. The second-order valence-corrected chi connectivity index (χ2v) is 4.08. The molecule has 80 valence electrons. The van der Waals surface area contributed by atoms with Gasteiger partial charge in [-0.15, -0.1) is 5.10 Å². The van der Waals surface area contributed by atoms with E-state index in [4.69, 9.17) is 0 Å². The SMILES string of the molecule is CC(C)c1cccc2c1ncc1nnnn12. The maximum Gasteiger partial charge on any atom is 0.198 e. The summed E-state index contributed by atoms with van der Waals surface area (Å²) >= 11 is 0. The Labute approximate surface area is 92.1 Å². The zero-order valence-corrected chi connectivity index (χ0v) is 9.12. The highest BCUT2D eigenvalue weighted by atomic mass is 15.5. The summed E-state index contributed by atoms with van der Waals surface area (Å²) in [6, 6.07) is 6.09. The van der Waals surface area contributed by atoms with Crippen LogP contribution in [-0.4, -0.2) is 25.0 Å². The predicted molar refractivity (Wildman–Crippen MR) is 60.2 cm³/mol. The van der Waals surface area contributed by atoms with Gasteiger partial charge in [-0.25, -0.2) is 0 Å². The largest absolute Gasteiger partial charge is 0.250 e. The van der Waals surface area contributed by atoms with Gasteiger partial charge >= 0.3 is 0 Å². The fourth-order valence-electron chi connectivity index (χ4n) is 1.89. The minimum Gasteiger partial charge on any atom is -0.250 e. The first-order valence-corrected chi connectivity index (χ1v) is 5.23. The van der Waals surface area contributed by atoms with E-state index in [1.165, 1.54) is 5.56 Å². The van der Waals surface area contributed by atoms with Crippen LogP contribution in [0.2, 0.25) is 0 Å². The number of rotatable bonds is 1. The molecule has 0 saturated carbocycles. The Bertz CT molecular complexity index is 656. The fourth-order valence-corrected chi connectivity index (χ4v) is 1.89. The first-order chi connectivity index (χ1) is 7.77. The van der Waals surface area contributed by atoms with Crippen molar-refractivity contribution in [1.82, 2.24) is 25.0 Å². The van der Waals surface area contributed by atoms with Crippen LogP contribution >= 0.6 is 0 Å². The highest BCUT2D eigenvalue weighted by Gasteiger charge is 2.09. The molecule has 0 amide bonds. The van der Waals surface area contributed by atoms with Crippen molar-refractivity contribution >= 4 is 16.7 Å². The summed E-state index contributed by atoms with van der Waals surface area (Å²) in [5, 5.41) is 11.5. The van der Waals surface area contributed by atoms with Crippen molar-refractivity contribution in [3.8, 4) is 0 Å². The first-order valence-electron chi connectivity index (χ1n) is 5.23. The maximum atomic E-state index is 4.44. The van der Waals surface area contributed by atoms with Crippen molar-refractivity contribution in [2.75, 3.05) is 0 Å². The van der Waals surface area contributed by atoms with E-state index in [0.29, 0.717) is 11.6 Å². The number of aromatic nitrogens is 5. The van der Waals surface area contributed by atoms with Crippen LogP contribution in [0.5, 0.6) is 0 Å². The lowest BCUT2D eigenvalue weighted by atomic mass is 10.0. The molecule has 0 N–H and O–H groups in total. The Balaban J connectivity index is 2.49. The van der Waals surface area contributed by atoms with Gasteiger partial charge in [-0.3, -0.25) is 4.98 Å². The number of nitrogens with zero attached hydrogens (tertiary/aromatic N) is 5. The molecule has 5 heteroatoms. The molecule has 0 aliphatic carbocycles. The highest BCUT2D eigenvalue weighted by Crippen LogP contribution is 2.23. The van der Waals surface area contributed by atoms with Gasteiger partial charge in [-0.1, -0.05) is 26.0 Å². The van der Waals surface area contributed by atoms with E-state index in [1.807, 2.05) is 12.1 Å². The molecule has 0 aliphatic heterocycles. The van der Waals surface area contributed by atoms with Crippen LogP contribution in [-0.2, 0) is 0 Å². The van der Waals surface area contributed by atoms with Crippen molar-refractivity contribution in [1.29, 1.82) is 0 Å². The summed E-state index contributed by atoms with van der Waals surface area (Å²) in [4.78, 5) is 4.44. The van der Waals surface area contributed by atoms with Crippen molar-refractivity contribution < 1.29 is 0 Å². The smallest absolute Gasteiger partial charge is 0.198 e. The van der Waals surface area contributed by atoms with Gasteiger partial charge in [0.25, 0.3) is 0 Å². The van der Waals surface area contributed by atoms with Gasteiger partial charge < -0.3 is 0 Å². The van der Waals surface area contributed by atoms with E-state index < -0.39 is 0 Å². The van der Waals surface area contributed by atoms with E-state index in [1.54, 1.807) is 10.7 Å². The minimum atomic E-state index is 0.435. The fraction of sp³-hybridized carbons (Fsp3) is 0.273. The number of benzene rings is 1. The molecule has 0 bridgehead atoms. The Morgan fingerprint density at radius 2 is 2.12 bits per heavy atom. The van der Waals surface area contributed by atoms with Crippen LogP contribution in [0.1, 0.15) is 25.3 Å².